The van der Waals surface area contributed by atoms with Gasteiger partial charge in [0.25, 0.3) is 0 Å². The highest BCUT2D eigenvalue weighted by atomic mass is 35.5. The van der Waals surface area contributed by atoms with Gasteiger partial charge < -0.3 is 71.4 Å². The number of aromatic nitrogens is 4. The summed E-state index contributed by atoms with van der Waals surface area (Å²) in [6, 6.07) is 13.4. The maximum atomic E-state index is 14.8. The zero-order chi connectivity index (χ0) is 63.1. The van der Waals surface area contributed by atoms with Crippen LogP contribution in [0, 0.1) is 19.7 Å². The first-order valence-electron chi connectivity index (χ1n) is 30.0. The van der Waals surface area contributed by atoms with E-state index in [0.717, 1.165) is 31.1 Å². The van der Waals surface area contributed by atoms with E-state index >= 15 is 0 Å². The molecular formula is C64H84Cl2FN7O14S. The van der Waals surface area contributed by atoms with Crippen molar-refractivity contribution in [2.75, 3.05) is 171 Å². The molecule has 1 fully saturated rings. The Hall–Kier alpha value is -5.64. The van der Waals surface area contributed by atoms with Crippen LogP contribution in [0.5, 0.6) is 23.1 Å². The van der Waals surface area contributed by atoms with Crippen LogP contribution in [0.15, 0.2) is 61.1 Å². The molecule has 6 aromatic rings. The van der Waals surface area contributed by atoms with Crippen LogP contribution in [-0.2, 0) is 60.5 Å². The highest BCUT2D eigenvalue weighted by Crippen LogP contribution is 2.53. The molecule has 0 saturated carbocycles. The summed E-state index contributed by atoms with van der Waals surface area (Å²) >= 11 is 16.3. The van der Waals surface area contributed by atoms with E-state index < -0.39 is 29.6 Å². The molecule has 0 N–H and O–H groups in total. The summed E-state index contributed by atoms with van der Waals surface area (Å²) in [5, 5.41) is 1.09. The molecule has 25 heteroatoms. The van der Waals surface area contributed by atoms with Crippen LogP contribution >= 0.6 is 34.5 Å². The average molecular weight is 1300 g/mol. The molecule has 0 aliphatic carbocycles. The summed E-state index contributed by atoms with van der Waals surface area (Å²) in [5.74, 6) is 0.707. The van der Waals surface area contributed by atoms with Crippen molar-refractivity contribution in [3.8, 4) is 44.7 Å². The number of thiophene rings is 1. The minimum Gasteiger partial charge on any atom is -0.490 e. The largest absolute Gasteiger partial charge is 0.490 e. The van der Waals surface area contributed by atoms with E-state index in [0.29, 0.717) is 195 Å². The van der Waals surface area contributed by atoms with Gasteiger partial charge in [-0.25, -0.2) is 29.1 Å². The lowest BCUT2D eigenvalue weighted by Gasteiger charge is -2.35. The Morgan fingerprint density at radius 3 is 1.93 bits per heavy atom. The van der Waals surface area contributed by atoms with Crippen molar-refractivity contribution in [1.82, 2.24) is 29.7 Å². The monoisotopic (exact) mass is 1300 g/mol. The Bertz CT molecular complexity index is 3120. The molecule has 4 bridgehead atoms. The van der Waals surface area contributed by atoms with Crippen molar-refractivity contribution in [2.24, 2.45) is 0 Å². The minimum absolute atomic E-state index is 0.00983. The number of anilines is 1. The first-order chi connectivity index (χ1) is 43.1. The highest BCUT2D eigenvalue weighted by Gasteiger charge is 2.34. The summed E-state index contributed by atoms with van der Waals surface area (Å²) in [4.78, 5) is 41.8. The smallest absolute Gasteiger partial charge is 0.348 e. The number of rotatable bonds is 32. The number of fused-ring (bicyclic) bond motifs is 7. The number of piperazine rings is 1. The predicted molar refractivity (Wildman–Crippen MR) is 339 cm³/mol. The Morgan fingerprint density at radius 1 is 0.742 bits per heavy atom. The number of hydrogen-bond donors (Lipinski definition) is 0. The van der Waals surface area contributed by atoms with Crippen LogP contribution in [0.3, 0.4) is 0 Å². The van der Waals surface area contributed by atoms with Gasteiger partial charge in [-0.05, 0) is 100 Å². The minimum atomic E-state index is -1.31. The summed E-state index contributed by atoms with van der Waals surface area (Å²) in [6.07, 6.45) is 1.14. The lowest BCUT2D eigenvalue weighted by molar-refractivity contribution is -0.163. The molecule has 0 unspecified atom stereocenters. The number of methoxy groups -OCH3 is 2. The van der Waals surface area contributed by atoms with Gasteiger partial charge in [0, 0.05) is 88.7 Å². The van der Waals surface area contributed by atoms with Crippen LogP contribution in [-0.4, -0.2) is 220 Å². The van der Waals surface area contributed by atoms with Crippen LogP contribution < -0.4 is 23.8 Å². The van der Waals surface area contributed by atoms with Gasteiger partial charge in [-0.2, -0.15) is 0 Å². The number of hydrogen-bond acceptors (Lipinski definition) is 22. The van der Waals surface area contributed by atoms with E-state index in [-0.39, 0.29) is 25.5 Å². The summed E-state index contributed by atoms with van der Waals surface area (Å²) < 4.78 is 92.4. The van der Waals surface area contributed by atoms with Crippen molar-refractivity contribution >= 4 is 56.7 Å². The zero-order valence-corrected chi connectivity index (χ0v) is 54.6. The van der Waals surface area contributed by atoms with E-state index in [4.69, 9.17) is 99.7 Å². The second-order valence-corrected chi connectivity index (χ2v) is 24.1. The third-order valence-electron chi connectivity index (χ3n) is 14.5. The molecule has 486 valence electrons. The first-order valence-corrected chi connectivity index (χ1v) is 31.6. The lowest BCUT2D eigenvalue weighted by Crippen LogP contribution is -2.49. The Morgan fingerprint density at radius 2 is 1.34 bits per heavy atom. The molecule has 9 rings (SSSR count). The molecule has 1 saturated heterocycles. The number of carbonyl (C=O) groups excluding carboxylic acids is 1. The fraction of sp³-hybridized carbons (Fsp3) is 0.547. The fourth-order valence-electron chi connectivity index (χ4n) is 9.87. The SMILES string of the molecule is COCCOCCOCCOCCN(CCOCCOCCOCCOC)c1nccc(COc2ccc3cc2C[C@H](C(=O)OC(C)(C)C)Oc2ncnc4sc(-c5ccc(F)cc5)c(c24)-c2c(C)c(Cl)c(c(Cl)c2C)O[C@H](CN2CCN(C)CC2)CO3)n1. The van der Waals surface area contributed by atoms with Crippen LogP contribution in [0.25, 0.3) is 31.8 Å². The van der Waals surface area contributed by atoms with Gasteiger partial charge in [0.1, 0.15) is 53.4 Å². The van der Waals surface area contributed by atoms with Gasteiger partial charge in [0.2, 0.25) is 17.9 Å². The van der Waals surface area contributed by atoms with Crippen molar-refractivity contribution < 1.29 is 70.8 Å². The van der Waals surface area contributed by atoms with Crippen LogP contribution in [0.2, 0.25) is 10.0 Å². The molecule has 3 aliphatic rings. The van der Waals surface area contributed by atoms with Gasteiger partial charge in [-0.1, -0.05) is 35.3 Å². The fourth-order valence-corrected chi connectivity index (χ4v) is 11.5. The molecule has 6 heterocycles. The normalized spacial score (nSPS) is 15.8. The van der Waals surface area contributed by atoms with E-state index in [1.165, 1.54) is 29.8 Å². The van der Waals surface area contributed by atoms with Crippen molar-refractivity contribution in [2.45, 2.75) is 65.5 Å². The highest BCUT2D eigenvalue weighted by molar-refractivity contribution is 7.22. The quantitative estimate of drug-likeness (QED) is 0.0286. The molecule has 0 radical (unpaired) electrons. The Labute approximate surface area is 535 Å². The molecule has 3 aliphatic heterocycles. The standard InChI is InChI=1S/C64H84Cl2FN7O14S/c1-43-53-44(2)57(66)58(56(43)65)86-50(39-73-19-17-72(6)18-20-73)41-84-49-13-14-51(46(37-49)38-52(62(75)88-64(3,4)5)87-60-55-54(53)59(89-61(55)70-42-69-60)45-9-11-47(67)12-10-45)85-40-48-15-16-68-63(71-48)74(21-23-78-29-31-82-35-33-80-27-25-76-7)22-24-79-30-32-83-36-34-81-28-26-77-8/h9-16,37,42,50,52H,17-36,38-41H2,1-8H3/t50-,52-/m1/s1. The van der Waals surface area contributed by atoms with Gasteiger partial charge in [-0.15, -0.1) is 11.3 Å². The maximum Gasteiger partial charge on any atom is 0.348 e. The molecule has 89 heavy (non-hydrogen) atoms. The third-order valence-corrected chi connectivity index (χ3v) is 16.5. The number of benzene rings is 3. The number of esters is 1. The Kier molecular flexibility index (Phi) is 27.4. The second kappa shape index (κ2) is 35.3. The number of carbonyl (C=O) groups is 1. The van der Waals surface area contributed by atoms with E-state index in [2.05, 4.69) is 21.8 Å². The van der Waals surface area contributed by atoms with E-state index in [9.17, 15) is 9.18 Å². The van der Waals surface area contributed by atoms with Crippen LogP contribution in [0.4, 0.5) is 10.3 Å². The average Bonchev–Trinajstić information content (AvgIpc) is 1.82. The van der Waals surface area contributed by atoms with E-state index in [1.54, 1.807) is 65.5 Å². The lowest BCUT2D eigenvalue weighted by atomic mass is 9.92. The molecule has 21 nitrogen and oxygen atoms in total. The number of nitrogens with zero attached hydrogens (tertiary/aromatic N) is 7. The Balaban J connectivity index is 1.10. The van der Waals surface area contributed by atoms with Crippen molar-refractivity contribution in [1.29, 1.82) is 0 Å². The van der Waals surface area contributed by atoms with E-state index in [1.807, 2.05) is 30.9 Å². The molecule has 2 atom stereocenters. The summed E-state index contributed by atoms with van der Waals surface area (Å²) in [6.45, 7) is 20.3. The number of halogens is 3. The third kappa shape index (κ3) is 20.7. The predicted octanol–water partition coefficient (Wildman–Crippen LogP) is 9.37. The molecule has 3 aromatic carbocycles. The van der Waals surface area contributed by atoms with Gasteiger partial charge >= 0.3 is 5.97 Å². The summed E-state index contributed by atoms with van der Waals surface area (Å²) in [7, 11) is 5.38. The van der Waals surface area contributed by atoms with Gasteiger partial charge in [-0.3, -0.25) is 4.90 Å². The maximum absolute atomic E-state index is 14.8. The zero-order valence-electron chi connectivity index (χ0n) is 52.3. The van der Waals surface area contributed by atoms with Crippen LogP contribution in [0.1, 0.15) is 43.2 Å². The number of ether oxygens (including phenoxy) is 13. The van der Waals surface area contributed by atoms with Gasteiger partial charge in [0.05, 0.1) is 114 Å². The second-order valence-electron chi connectivity index (χ2n) is 22.3. The molecule has 3 aromatic heterocycles. The molecule has 0 amide bonds. The summed E-state index contributed by atoms with van der Waals surface area (Å²) in [5.41, 5.74) is 3.56. The first kappa shape index (κ1) is 69.3. The van der Waals surface area contributed by atoms with Crippen molar-refractivity contribution in [3.05, 3.63) is 99.3 Å². The molecule has 0 spiro atoms. The number of likely N-dealkylation sites (N-methyl/N-ethyl adjacent to an activating group) is 1. The molecular weight excluding hydrogens is 1210 g/mol. The topological polar surface area (TPSA) is 198 Å². The van der Waals surface area contributed by atoms with Crippen molar-refractivity contribution in [3.63, 3.8) is 0 Å². The van der Waals surface area contributed by atoms with Gasteiger partial charge in [0.15, 0.2) is 5.75 Å².